The van der Waals surface area contributed by atoms with Crippen molar-refractivity contribution in [3.05, 3.63) is 42.5 Å². The van der Waals surface area contributed by atoms with E-state index in [0.717, 1.165) is 32.1 Å². The van der Waals surface area contributed by atoms with Gasteiger partial charge in [0.2, 0.25) is 0 Å². The molecule has 21 heavy (non-hydrogen) atoms. The Bertz CT molecular complexity index is 483. The van der Waals surface area contributed by atoms with Gasteiger partial charge in [0.15, 0.2) is 5.78 Å². The highest BCUT2D eigenvalue weighted by Crippen LogP contribution is 2.13. The molecule has 0 aliphatic rings. The molecule has 0 amide bonds. The van der Waals surface area contributed by atoms with E-state index in [2.05, 4.69) is 6.58 Å². The van der Waals surface area contributed by atoms with Gasteiger partial charge < -0.3 is 4.74 Å². The Kier molecular flexibility index (Phi) is 8.67. The fraction of sp³-hybridized carbons (Fsp3) is 0.471. The fourth-order valence-corrected chi connectivity index (χ4v) is 3.13. The number of ketones is 1. The maximum atomic E-state index is 12.0. The Morgan fingerprint density at radius 3 is 2.76 bits per heavy atom. The number of rotatable bonds is 11. The number of hydrogen-bond acceptors (Lipinski definition) is 3. The predicted molar refractivity (Wildman–Crippen MR) is 88.5 cm³/mol. The predicted octanol–water partition coefficient (Wildman–Crippen LogP) is 3.76. The van der Waals surface area contributed by atoms with Gasteiger partial charge in [0.25, 0.3) is 0 Å². The van der Waals surface area contributed by atoms with E-state index in [1.807, 2.05) is 6.08 Å². The van der Waals surface area contributed by atoms with Crippen LogP contribution in [0, 0.1) is 0 Å². The third-order valence-electron chi connectivity index (χ3n) is 3.21. The van der Waals surface area contributed by atoms with E-state index in [1.165, 1.54) is 0 Å². The van der Waals surface area contributed by atoms with Gasteiger partial charge in [-0.15, -0.1) is 6.58 Å². The van der Waals surface area contributed by atoms with Crippen LogP contribution >= 0.6 is 0 Å². The molecule has 1 aromatic rings. The first-order valence-electron chi connectivity index (χ1n) is 7.30. The lowest BCUT2D eigenvalue weighted by atomic mass is 10.1. The molecule has 0 bridgehead atoms. The van der Waals surface area contributed by atoms with Crippen molar-refractivity contribution >= 4 is 16.6 Å². The topological polar surface area (TPSA) is 43.4 Å². The van der Waals surface area contributed by atoms with Gasteiger partial charge in [-0.2, -0.15) is 0 Å². The maximum Gasteiger partial charge on any atom is 0.175 e. The molecular formula is C17H24O3S. The number of methoxy groups -OCH3 is 1. The second-order valence-corrected chi connectivity index (χ2v) is 6.51. The van der Waals surface area contributed by atoms with Gasteiger partial charge >= 0.3 is 0 Å². The number of carbonyl (C=O) groups excluding carboxylic acids is 1. The number of hydrogen-bond donors (Lipinski definition) is 0. The zero-order chi connectivity index (χ0) is 15.5. The van der Waals surface area contributed by atoms with Gasteiger partial charge in [-0.25, -0.2) is 0 Å². The summed E-state index contributed by atoms with van der Waals surface area (Å²) in [6.45, 7) is 3.69. The van der Waals surface area contributed by atoms with E-state index in [1.54, 1.807) is 31.4 Å². The van der Waals surface area contributed by atoms with E-state index in [9.17, 15) is 9.00 Å². The minimum Gasteiger partial charge on any atom is -0.497 e. The monoisotopic (exact) mass is 308 g/mol. The van der Waals surface area contributed by atoms with Crippen LogP contribution in [0.2, 0.25) is 0 Å². The third kappa shape index (κ3) is 7.23. The van der Waals surface area contributed by atoms with Gasteiger partial charge in [0, 0.05) is 22.1 Å². The summed E-state index contributed by atoms with van der Waals surface area (Å²) in [5.41, 5.74) is 0.564. The normalized spacial score (nSPS) is 11.9. The average Bonchev–Trinajstić information content (AvgIpc) is 2.50. The van der Waals surface area contributed by atoms with Crippen LogP contribution in [-0.2, 0) is 10.8 Å². The van der Waals surface area contributed by atoms with Crippen molar-refractivity contribution in [2.24, 2.45) is 0 Å². The molecule has 1 aromatic carbocycles. The minimum absolute atomic E-state index is 0.0844. The maximum absolute atomic E-state index is 12.0. The van der Waals surface area contributed by atoms with E-state index in [4.69, 9.17) is 4.74 Å². The molecule has 0 saturated heterocycles. The standard InChI is InChI=1S/C17H24O3S/c1-3-4-5-6-7-8-12-21(19)14-17(18)15-10-9-11-16(13-15)20-2/h3,9-11,13H,1,4-8,12,14H2,2H3. The molecule has 0 heterocycles. The smallest absolute Gasteiger partial charge is 0.175 e. The zero-order valence-electron chi connectivity index (χ0n) is 12.7. The molecule has 0 fully saturated rings. The molecule has 3 nitrogen and oxygen atoms in total. The van der Waals surface area contributed by atoms with Crippen molar-refractivity contribution in [2.45, 2.75) is 32.1 Å². The molecule has 0 aliphatic carbocycles. The van der Waals surface area contributed by atoms with Gasteiger partial charge in [-0.3, -0.25) is 9.00 Å². The van der Waals surface area contributed by atoms with Crippen LogP contribution in [0.1, 0.15) is 42.5 Å². The lowest BCUT2D eigenvalue weighted by Crippen LogP contribution is -2.13. The van der Waals surface area contributed by atoms with E-state index < -0.39 is 10.8 Å². The highest BCUT2D eigenvalue weighted by atomic mass is 32.2. The molecule has 1 unspecified atom stereocenters. The first kappa shape index (κ1) is 17.6. The quantitative estimate of drug-likeness (QED) is 0.355. The molecule has 1 atom stereocenters. The molecule has 0 N–H and O–H groups in total. The Balaban J connectivity index is 2.30. The second kappa shape index (κ2) is 10.3. The number of allylic oxidation sites excluding steroid dienone is 1. The van der Waals surface area contributed by atoms with Crippen LogP contribution < -0.4 is 4.74 Å². The molecule has 0 radical (unpaired) electrons. The first-order valence-corrected chi connectivity index (χ1v) is 8.79. The van der Waals surface area contributed by atoms with Crippen LogP contribution in [0.3, 0.4) is 0 Å². The number of Topliss-reactive ketones (excluding diaryl/α,β-unsaturated/α-hetero) is 1. The SMILES string of the molecule is C=CCCCCCCS(=O)CC(=O)c1cccc(OC)c1. The molecule has 0 aliphatic heterocycles. The van der Waals surface area contributed by atoms with Gasteiger partial charge in [0.1, 0.15) is 5.75 Å². The molecule has 4 heteroatoms. The second-order valence-electron chi connectivity index (χ2n) is 4.93. The summed E-state index contributed by atoms with van der Waals surface area (Å²) in [5, 5.41) is 0. The number of carbonyl (C=O) groups is 1. The summed E-state index contributed by atoms with van der Waals surface area (Å²) in [4.78, 5) is 12.0. The summed E-state index contributed by atoms with van der Waals surface area (Å²) >= 11 is 0. The summed E-state index contributed by atoms with van der Waals surface area (Å²) < 4.78 is 17.0. The van der Waals surface area contributed by atoms with Crippen molar-refractivity contribution in [2.75, 3.05) is 18.6 Å². The first-order chi connectivity index (χ1) is 10.2. The summed E-state index contributed by atoms with van der Waals surface area (Å²) in [6.07, 6.45) is 7.20. The molecule has 0 saturated carbocycles. The minimum atomic E-state index is -1.08. The molecule has 0 spiro atoms. The van der Waals surface area contributed by atoms with Gasteiger partial charge in [-0.05, 0) is 31.4 Å². The lowest BCUT2D eigenvalue weighted by molar-refractivity contribution is 0.102. The van der Waals surface area contributed by atoms with Crippen molar-refractivity contribution < 1.29 is 13.7 Å². The molecule has 1 rings (SSSR count). The van der Waals surface area contributed by atoms with Crippen LogP contribution in [0.25, 0.3) is 0 Å². The van der Waals surface area contributed by atoms with Crippen molar-refractivity contribution in [1.82, 2.24) is 0 Å². The van der Waals surface area contributed by atoms with Crippen molar-refractivity contribution in [1.29, 1.82) is 0 Å². The van der Waals surface area contributed by atoms with Crippen LogP contribution in [0.5, 0.6) is 5.75 Å². The number of unbranched alkanes of at least 4 members (excludes halogenated alkanes) is 4. The number of benzene rings is 1. The summed E-state index contributed by atoms with van der Waals surface area (Å²) in [7, 11) is 0.487. The third-order valence-corrected chi connectivity index (χ3v) is 4.54. The van der Waals surface area contributed by atoms with E-state index in [-0.39, 0.29) is 11.5 Å². The van der Waals surface area contributed by atoms with Crippen molar-refractivity contribution in [3.8, 4) is 5.75 Å². The highest BCUT2D eigenvalue weighted by Gasteiger charge is 2.11. The molecule has 116 valence electrons. The fourth-order valence-electron chi connectivity index (χ4n) is 2.00. The van der Waals surface area contributed by atoms with Crippen LogP contribution in [0.15, 0.2) is 36.9 Å². The Labute approximate surface area is 129 Å². The summed E-state index contributed by atoms with van der Waals surface area (Å²) in [5.74, 6) is 1.26. The Morgan fingerprint density at radius 2 is 2.05 bits per heavy atom. The highest BCUT2D eigenvalue weighted by molar-refractivity contribution is 7.85. The lowest BCUT2D eigenvalue weighted by Gasteiger charge is -2.04. The number of ether oxygens (including phenoxy) is 1. The molecular weight excluding hydrogens is 284 g/mol. The largest absolute Gasteiger partial charge is 0.497 e. The summed E-state index contributed by atoms with van der Waals surface area (Å²) in [6, 6.07) is 6.98. The van der Waals surface area contributed by atoms with Crippen LogP contribution in [-0.4, -0.2) is 28.6 Å². The Hall–Kier alpha value is -1.42. The van der Waals surface area contributed by atoms with Crippen molar-refractivity contribution in [3.63, 3.8) is 0 Å². The van der Waals surface area contributed by atoms with Gasteiger partial charge in [0.05, 0.1) is 12.9 Å². The Morgan fingerprint density at radius 1 is 1.29 bits per heavy atom. The average molecular weight is 308 g/mol. The van der Waals surface area contributed by atoms with Gasteiger partial charge in [-0.1, -0.05) is 31.1 Å². The zero-order valence-corrected chi connectivity index (χ0v) is 13.5. The van der Waals surface area contributed by atoms with Crippen LogP contribution in [0.4, 0.5) is 0 Å². The van der Waals surface area contributed by atoms with E-state index in [0.29, 0.717) is 17.1 Å². The molecule has 0 aromatic heterocycles. The van der Waals surface area contributed by atoms with E-state index >= 15 is 0 Å².